The molecule has 0 aliphatic heterocycles. The van der Waals surface area contributed by atoms with E-state index in [1.165, 1.54) is 0 Å². The zero-order chi connectivity index (χ0) is 12.3. The van der Waals surface area contributed by atoms with Crippen molar-refractivity contribution < 1.29 is 10.2 Å². The fourth-order valence-corrected chi connectivity index (χ4v) is 1.55. The Morgan fingerprint density at radius 2 is 1.88 bits per heavy atom. The van der Waals surface area contributed by atoms with E-state index in [-0.39, 0.29) is 19.2 Å². The van der Waals surface area contributed by atoms with Crippen LogP contribution in [0.2, 0.25) is 0 Å². The van der Waals surface area contributed by atoms with Crippen molar-refractivity contribution in [3.63, 3.8) is 0 Å². The normalized spacial score (nSPS) is 11.0. The molecule has 5 N–H and O–H groups in total. The molecule has 1 aromatic carbocycles. The van der Waals surface area contributed by atoms with Crippen LogP contribution in [0.15, 0.2) is 24.3 Å². The highest BCUT2D eigenvalue weighted by Crippen LogP contribution is 2.21. The van der Waals surface area contributed by atoms with Gasteiger partial charge in [-0.2, -0.15) is 4.98 Å². The molecular formula is C11H14N4O2. The molecule has 0 saturated heterocycles. The second kappa shape index (κ2) is 4.94. The molecule has 2 aromatic rings. The van der Waals surface area contributed by atoms with E-state index in [4.69, 9.17) is 15.9 Å². The monoisotopic (exact) mass is 234 g/mol. The van der Waals surface area contributed by atoms with Crippen LogP contribution in [0.4, 0.5) is 11.8 Å². The minimum atomic E-state index is -0.465. The molecule has 6 nitrogen and oxygen atoms in total. The molecule has 0 aliphatic rings. The highest BCUT2D eigenvalue weighted by molar-refractivity contribution is 5.89. The Kier molecular flexibility index (Phi) is 3.36. The van der Waals surface area contributed by atoms with E-state index in [2.05, 4.69) is 15.3 Å². The smallest absolute Gasteiger partial charge is 0.222 e. The van der Waals surface area contributed by atoms with Crippen LogP contribution in [-0.4, -0.2) is 39.4 Å². The topological polar surface area (TPSA) is 104 Å². The standard InChI is InChI=1S/C11H14N4O2/c12-11-14-9-4-2-1-3-8(9)10(15-11)13-7(5-16)6-17/h1-4,7,16-17H,5-6H2,(H3,12,13,14,15). The molecule has 2 rings (SSSR count). The van der Waals surface area contributed by atoms with Gasteiger partial charge in [-0.15, -0.1) is 0 Å². The Balaban J connectivity index is 2.44. The maximum Gasteiger partial charge on any atom is 0.222 e. The van der Waals surface area contributed by atoms with Crippen molar-refractivity contribution in [2.45, 2.75) is 6.04 Å². The molecular weight excluding hydrogens is 220 g/mol. The molecule has 0 atom stereocenters. The predicted molar refractivity (Wildman–Crippen MR) is 65.5 cm³/mol. The summed E-state index contributed by atoms with van der Waals surface area (Å²) >= 11 is 0. The van der Waals surface area contributed by atoms with Gasteiger partial charge in [-0.3, -0.25) is 0 Å². The van der Waals surface area contributed by atoms with Crippen LogP contribution < -0.4 is 11.1 Å². The Morgan fingerprint density at radius 1 is 1.18 bits per heavy atom. The lowest BCUT2D eigenvalue weighted by Gasteiger charge is -2.15. The quantitative estimate of drug-likeness (QED) is 0.592. The number of hydrogen-bond donors (Lipinski definition) is 4. The molecule has 6 heteroatoms. The number of nitrogens with two attached hydrogens (primary N) is 1. The van der Waals surface area contributed by atoms with Crippen LogP contribution >= 0.6 is 0 Å². The third-order valence-corrected chi connectivity index (χ3v) is 2.40. The summed E-state index contributed by atoms with van der Waals surface area (Å²) in [4.78, 5) is 8.17. The van der Waals surface area contributed by atoms with Gasteiger partial charge in [-0.25, -0.2) is 4.98 Å². The number of fused-ring (bicyclic) bond motifs is 1. The Bertz CT molecular complexity index is 514. The first-order valence-corrected chi connectivity index (χ1v) is 5.25. The van der Waals surface area contributed by atoms with Crippen LogP contribution in [0, 0.1) is 0 Å². The first-order valence-electron chi connectivity index (χ1n) is 5.25. The maximum atomic E-state index is 9.03. The minimum Gasteiger partial charge on any atom is -0.394 e. The van der Waals surface area contributed by atoms with Crippen LogP contribution in [0.3, 0.4) is 0 Å². The van der Waals surface area contributed by atoms with Gasteiger partial charge in [0.1, 0.15) is 5.82 Å². The van der Waals surface area contributed by atoms with E-state index in [0.29, 0.717) is 5.82 Å². The number of benzene rings is 1. The first-order chi connectivity index (χ1) is 8.24. The number of aromatic nitrogens is 2. The summed E-state index contributed by atoms with van der Waals surface area (Å²) in [6.07, 6.45) is 0. The number of aliphatic hydroxyl groups is 2. The highest BCUT2D eigenvalue weighted by Gasteiger charge is 2.10. The Morgan fingerprint density at radius 3 is 2.59 bits per heavy atom. The van der Waals surface area contributed by atoms with Crippen LogP contribution in [0.5, 0.6) is 0 Å². The van der Waals surface area contributed by atoms with Gasteiger partial charge in [-0.05, 0) is 12.1 Å². The summed E-state index contributed by atoms with van der Waals surface area (Å²) in [7, 11) is 0. The van der Waals surface area contributed by atoms with Gasteiger partial charge in [0.05, 0.1) is 24.8 Å². The number of anilines is 2. The fourth-order valence-electron chi connectivity index (χ4n) is 1.55. The molecule has 0 radical (unpaired) electrons. The molecule has 0 aliphatic carbocycles. The minimum absolute atomic E-state index is 0.154. The van der Waals surface area contributed by atoms with Gasteiger partial charge in [0.15, 0.2) is 0 Å². The largest absolute Gasteiger partial charge is 0.394 e. The fraction of sp³-hybridized carbons (Fsp3) is 0.273. The summed E-state index contributed by atoms with van der Waals surface area (Å²) < 4.78 is 0. The molecule has 0 saturated carbocycles. The first kappa shape index (κ1) is 11.6. The predicted octanol–water partition coefficient (Wildman–Crippen LogP) is -0.0229. The van der Waals surface area contributed by atoms with Crippen molar-refractivity contribution in [2.75, 3.05) is 24.3 Å². The lowest BCUT2D eigenvalue weighted by atomic mass is 10.2. The Labute approximate surface area is 98.1 Å². The van der Waals surface area contributed by atoms with Crippen LogP contribution in [-0.2, 0) is 0 Å². The molecule has 0 fully saturated rings. The van der Waals surface area contributed by atoms with Gasteiger partial charge < -0.3 is 21.3 Å². The lowest BCUT2D eigenvalue weighted by Crippen LogP contribution is -2.28. The van der Waals surface area contributed by atoms with E-state index in [1.807, 2.05) is 24.3 Å². The third kappa shape index (κ3) is 2.43. The number of para-hydroxylation sites is 1. The number of rotatable bonds is 4. The maximum absolute atomic E-state index is 9.03. The van der Waals surface area contributed by atoms with E-state index >= 15 is 0 Å². The molecule has 0 bridgehead atoms. The van der Waals surface area contributed by atoms with Crippen molar-refractivity contribution in [1.82, 2.24) is 9.97 Å². The molecule has 0 amide bonds. The molecule has 1 aromatic heterocycles. The molecule has 0 unspecified atom stereocenters. The van der Waals surface area contributed by atoms with Gasteiger partial charge in [0, 0.05) is 5.39 Å². The number of nitrogen functional groups attached to an aromatic ring is 1. The van der Waals surface area contributed by atoms with Gasteiger partial charge in [0.2, 0.25) is 5.95 Å². The molecule has 17 heavy (non-hydrogen) atoms. The molecule has 1 heterocycles. The zero-order valence-corrected chi connectivity index (χ0v) is 9.17. The second-order valence-corrected chi connectivity index (χ2v) is 3.65. The number of nitrogens with one attached hydrogen (secondary N) is 1. The number of aliphatic hydroxyl groups excluding tert-OH is 2. The van der Waals surface area contributed by atoms with Crippen molar-refractivity contribution in [3.8, 4) is 0 Å². The average Bonchev–Trinajstić information content (AvgIpc) is 2.35. The summed E-state index contributed by atoms with van der Waals surface area (Å²) in [6, 6.07) is 6.93. The number of hydrogen-bond acceptors (Lipinski definition) is 6. The van der Waals surface area contributed by atoms with Crippen LogP contribution in [0.1, 0.15) is 0 Å². The van der Waals surface area contributed by atoms with E-state index in [0.717, 1.165) is 10.9 Å². The van der Waals surface area contributed by atoms with Gasteiger partial charge >= 0.3 is 0 Å². The van der Waals surface area contributed by atoms with E-state index in [9.17, 15) is 0 Å². The lowest BCUT2D eigenvalue weighted by molar-refractivity contribution is 0.203. The van der Waals surface area contributed by atoms with E-state index < -0.39 is 6.04 Å². The average molecular weight is 234 g/mol. The third-order valence-electron chi connectivity index (χ3n) is 2.40. The zero-order valence-electron chi connectivity index (χ0n) is 9.17. The second-order valence-electron chi connectivity index (χ2n) is 3.65. The van der Waals surface area contributed by atoms with Crippen molar-refractivity contribution in [2.24, 2.45) is 0 Å². The molecule has 0 spiro atoms. The summed E-state index contributed by atoms with van der Waals surface area (Å²) in [5, 5.41) is 21.8. The summed E-state index contributed by atoms with van der Waals surface area (Å²) in [6.45, 7) is -0.372. The van der Waals surface area contributed by atoms with Gasteiger partial charge in [0.25, 0.3) is 0 Å². The molecule has 90 valence electrons. The van der Waals surface area contributed by atoms with Crippen molar-refractivity contribution >= 4 is 22.7 Å². The summed E-state index contributed by atoms with van der Waals surface area (Å²) in [5.74, 6) is 0.669. The van der Waals surface area contributed by atoms with Crippen LogP contribution in [0.25, 0.3) is 10.9 Å². The highest BCUT2D eigenvalue weighted by atomic mass is 16.3. The van der Waals surface area contributed by atoms with Crippen molar-refractivity contribution in [3.05, 3.63) is 24.3 Å². The summed E-state index contributed by atoms with van der Waals surface area (Å²) in [5.41, 5.74) is 6.32. The Hall–Kier alpha value is -1.92. The van der Waals surface area contributed by atoms with Crippen molar-refractivity contribution in [1.29, 1.82) is 0 Å². The van der Waals surface area contributed by atoms with E-state index in [1.54, 1.807) is 0 Å². The number of nitrogens with zero attached hydrogens (tertiary/aromatic N) is 2. The SMILES string of the molecule is Nc1nc(NC(CO)CO)c2ccccc2n1. The van der Waals surface area contributed by atoms with Gasteiger partial charge in [-0.1, -0.05) is 12.1 Å².